The molecule has 0 saturated carbocycles. The minimum absolute atomic E-state index is 0.168. The van der Waals surface area contributed by atoms with Crippen molar-refractivity contribution in [3.05, 3.63) is 33.8 Å². The summed E-state index contributed by atoms with van der Waals surface area (Å²) in [4.78, 5) is 16.7. The van der Waals surface area contributed by atoms with Crippen LogP contribution in [0.1, 0.15) is 23.2 Å². The molecule has 0 aromatic heterocycles. The van der Waals surface area contributed by atoms with Crippen LogP contribution in [-0.4, -0.2) is 72.4 Å². The number of ether oxygens (including phenoxy) is 1. The Kier molecular flexibility index (Phi) is 5.67. The van der Waals surface area contributed by atoms with Crippen LogP contribution in [0.3, 0.4) is 0 Å². The van der Waals surface area contributed by atoms with Crippen LogP contribution in [0.15, 0.2) is 18.2 Å². The highest BCUT2D eigenvalue weighted by atomic mass is 35.5. The van der Waals surface area contributed by atoms with Gasteiger partial charge in [0.15, 0.2) is 0 Å². The first kappa shape index (κ1) is 18.0. The number of halogens is 2. The van der Waals surface area contributed by atoms with Crippen LogP contribution >= 0.6 is 23.2 Å². The van der Waals surface area contributed by atoms with Gasteiger partial charge in [-0.1, -0.05) is 23.2 Å². The third-order valence-corrected chi connectivity index (χ3v) is 5.27. The summed E-state index contributed by atoms with van der Waals surface area (Å²) in [5.74, 6) is -0.168. The molecule has 1 N–H and O–H groups in total. The van der Waals surface area contributed by atoms with E-state index in [1.807, 2.05) is 0 Å². The van der Waals surface area contributed by atoms with Gasteiger partial charge < -0.3 is 19.6 Å². The van der Waals surface area contributed by atoms with Crippen LogP contribution in [-0.2, 0) is 4.74 Å². The average Bonchev–Trinajstić information content (AvgIpc) is 2.97. The number of benzene rings is 1. The van der Waals surface area contributed by atoms with E-state index < -0.39 is 5.60 Å². The van der Waals surface area contributed by atoms with E-state index in [1.165, 1.54) is 0 Å². The van der Waals surface area contributed by atoms with Gasteiger partial charge in [-0.05, 0) is 44.1 Å². The molecule has 0 unspecified atom stereocenters. The van der Waals surface area contributed by atoms with Crippen molar-refractivity contribution in [3.63, 3.8) is 0 Å². The molecule has 3 rings (SSSR count). The highest BCUT2D eigenvalue weighted by Gasteiger charge is 2.36. The first-order valence-electron chi connectivity index (χ1n) is 8.24. The van der Waals surface area contributed by atoms with Gasteiger partial charge in [0, 0.05) is 18.7 Å². The molecule has 2 fully saturated rings. The molecule has 0 radical (unpaired) electrons. The molecule has 1 aromatic carbocycles. The van der Waals surface area contributed by atoms with Gasteiger partial charge in [-0.2, -0.15) is 0 Å². The number of likely N-dealkylation sites (tertiary alicyclic amines) is 1. The number of nitrogens with zero attached hydrogens (tertiary/aromatic N) is 2. The number of hydrogen-bond donors (Lipinski definition) is 1. The maximum absolute atomic E-state index is 12.8. The van der Waals surface area contributed by atoms with E-state index in [2.05, 4.69) is 4.90 Å². The van der Waals surface area contributed by atoms with E-state index in [0.29, 0.717) is 35.3 Å². The van der Waals surface area contributed by atoms with Crippen molar-refractivity contribution >= 4 is 29.1 Å². The topological polar surface area (TPSA) is 53.0 Å². The van der Waals surface area contributed by atoms with E-state index >= 15 is 0 Å². The SMILES string of the molecule is O=C(c1ccc(Cl)c(Cl)c1)N1CCOC[C@](O)(CN2CCCC2)C1. The van der Waals surface area contributed by atoms with Crippen LogP contribution in [0.2, 0.25) is 10.0 Å². The Labute approximate surface area is 152 Å². The standard InChI is InChI=1S/C17H22Cl2N2O3/c18-14-4-3-13(9-15(14)19)16(22)21-7-8-24-12-17(23,11-21)10-20-5-1-2-6-20/h3-4,9,23H,1-2,5-8,10-12H2/t17-/m0/s1. The summed E-state index contributed by atoms with van der Waals surface area (Å²) < 4.78 is 5.56. The summed E-state index contributed by atoms with van der Waals surface area (Å²) in [6, 6.07) is 4.83. The molecule has 2 heterocycles. The number of β-amino-alcohol motifs (C(OH)–C–C–N with tert-alkyl or cyclic N) is 1. The Bertz CT molecular complexity index is 607. The minimum atomic E-state index is -1.05. The monoisotopic (exact) mass is 372 g/mol. The third-order valence-electron chi connectivity index (χ3n) is 4.53. The van der Waals surface area contributed by atoms with Gasteiger partial charge in [0.2, 0.25) is 0 Å². The average molecular weight is 373 g/mol. The Morgan fingerprint density at radius 1 is 1.21 bits per heavy atom. The molecule has 2 saturated heterocycles. The lowest BCUT2D eigenvalue weighted by molar-refractivity contribution is -0.0524. The quantitative estimate of drug-likeness (QED) is 0.884. The summed E-state index contributed by atoms with van der Waals surface area (Å²) in [6.07, 6.45) is 2.31. The van der Waals surface area contributed by atoms with Crippen LogP contribution in [0.5, 0.6) is 0 Å². The molecule has 1 aromatic rings. The van der Waals surface area contributed by atoms with Gasteiger partial charge in [-0.15, -0.1) is 0 Å². The zero-order valence-corrected chi connectivity index (χ0v) is 15.0. The summed E-state index contributed by atoms with van der Waals surface area (Å²) >= 11 is 11.9. The Hall–Kier alpha value is -0.850. The van der Waals surface area contributed by atoms with Crippen molar-refractivity contribution in [1.29, 1.82) is 0 Å². The lowest BCUT2D eigenvalue weighted by Crippen LogP contribution is -2.53. The normalized spacial score (nSPS) is 25.7. The fraction of sp³-hybridized carbons (Fsp3) is 0.588. The molecule has 0 aliphatic carbocycles. The Morgan fingerprint density at radius 3 is 2.67 bits per heavy atom. The zero-order chi connectivity index (χ0) is 17.2. The summed E-state index contributed by atoms with van der Waals surface area (Å²) in [5, 5.41) is 11.7. The van der Waals surface area contributed by atoms with Gasteiger partial charge in [0.05, 0.1) is 29.8 Å². The second-order valence-corrected chi connectivity index (χ2v) is 7.43. The first-order chi connectivity index (χ1) is 11.5. The van der Waals surface area contributed by atoms with Crippen molar-refractivity contribution in [2.75, 3.05) is 45.9 Å². The van der Waals surface area contributed by atoms with Gasteiger partial charge in [-0.3, -0.25) is 4.79 Å². The minimum Gasteiger partial charge on any atom is -0.384 e. The molecule has 0 spiro atoms. The van der Waals surface area contributed by atoms with Crippen molar-refractivity contribution in [1.82, 2.24) is 9.80 Å². The fourth-order valence-electron chi connectivity index (χ4n) is 3.35. The van der Waals surface area contributed by atoms with Crippen molar-refractivity contribution in [2.45, 2.75) is 18.4 Å². The van der Waals surface area contributed by atoms with E-state index in [0.717, 1.165) is 25.9 Å². The molecule has 2 aliphatic heterocycles. The molecule has 24 heavy (non-hydrogen) atoms. The van der Waals surface area contributed by atoms with Gasteiger partial charge in [0.1, 0.15) is 5.60 Å². The number of rotatable bonds is 3. The van der Waals surface area contributed by atoms with Gasteiger partial charge in [0.25, 0.3) is 5.91 Å². The Morgan fingerprint density at radius 2 is 1.96 bits per heavy atom. The van der Waals surface area contributed by atoms with Crippen molar-refractivity contribution < 1.29 is 14.6 Å². The predicted octanol–water partition coefficient (Wildman–Crippen LogP) is 2.29. The second-order valence-electron chi connectivity index (χ2n) is 6.62. The smallest absolute Gasteiger partial charge is 0.254 e. The van der Waals surface area contributed by atoms with Crippen LogP contribution in [0.4, 0.5) is 0 Å². The number of carbonyl (C=O) groups is 1. The molecule has 7 heteroatoms. The highest BCUT2D eigenvalue weighted by molar-refractivity contribution is 6.42. The largest absolute Gasteiger partial charge is 0.384 e. The fourth-order valence-corrected chi connectivity index (χ4v) is 3.65. The van der Waals surface area contributed by atoms with Crippen LogP contribution < -0.4 is 0 Å². The van der Waals surface area contributed by atoms with Gasteiger partial charge >= 0.3 is 0 Å². The lowest BCUT2D eigenvalue weighted by Gasteiger charge is -2.34. The molecular weight excluding hydrogens is 351 g/mol. The van der Waals surface area contributed by atoms with Crippen LogP contribution in [0.25, 0.3) is 0 Å². The first-order valence-corrected chi connectivity index (χ1v) is 8.99. The maximum Gasteiger partial charge on any atom is 0.254 e. The molecular formula is C17H22Cl2N2O3. The zero-order valence-electron chi connectivity index (χ0n) is 13.5. The number of amides is 1. The van der Waals surface area contributed by atoms with Crippen molar-refractivity contribution in [2.24, 2.45) is 0 Å². The molecule has 132 valence electrons. The van der Waals surface area contributed by atoms with E-state index in [1.54, 1.807) is 23.1 Å². The van der Waals surface area contributed by atoms with Crippen molar-refractivity contribution in [3.8, 4) is 0 Å². The van der Waals surface area contributed by atoms with E-state index in [4.69, 9.17) is 27.9 Å². The number of hydrogen-bond acceptors (Lipinski definition) is 4. The van der Waals surface area contributed by atoms with E-state index in [-0.39, 0.29) is 19.1 Å². The van der Waals surface area contributed by atoms with Crippen LogP contribution in [0, 0.1) is 0 Å². The summed E-state index contributed by atoms with van der Waals surface area (Å²) in [6.45, 7) is 3.86. The number of carbonyl (C=O) groups excluding carboxylic acids is 1. The molecule has 1 amide bonds. The Balaban J connectivity index is 1.73. The molecule has 2 aliphatic rings. The molecule has 5 nitrogen and oxygen atoms in total. The van der Waals surface area contributed by atoms with Gasteiger partial charge in [-0.25, -0.2) is 0 Å². The second kappa shape index (κ2) is 7.58. The lowest BCUT2D eigenvalue weighted by atomic mass is 10.0. The highest BCUT2D eigenvalue weighted by Crippen LogP contribution is 2.24. The summed E-state index contributed by atoms with van der Waals surface area (Å²) in [5.41, 5.74) is -0.581. The maximum atomic E-state index is 12.8. The third kappa shape index (κ3) is 4.21. The number of aliphatic hydroxyl groups is 1. The summed E-state index contributed by atoms with van der Waals surface area (Å²) in [7, 11) is 0. The molecule has 0 bridgehead atoms. The van der Waals surface area contributed by atoms with E-state index in [9.17, 15) is 9.90 Å². The predicted molar refractivity (Wildman–Crippen MR) is 93.8 cm³/mol. The molecule has 1 atom stereocenters.